The third-order valence-electron chi connectivity index (χ3n) is 7.90. The maximum Gasteiger partial charge on any atom is 0.258 e. The van der Waals surface area contributed by atoms with Gasteiger partial charge in [0.15, 0.2) is 6.73 Å². The number of H-pyrrole nitrogens is 1. The van der Waals surface area contributed by atoms with Crippen LogP contribution in [0.15, 0.2) is 134 Å². The molecular weight excluding hydrogens is 707 g/mol. The van der Waals surface area contributed by atoms with Gasteiger partial charge in [-0.2, -0.15) is 0 Å². The summed E-state index contributed by atoms with van der Waals surface area (Å²) in [6.07, 6.45) is 3.86. The second-order valence-electron chi connectivity index (χ2n) is 11.7. The predicted octanol–water partition coefficient (Wildman–Crippen LogP) is 9.65. The molecule has 11 nitrogen and oxygen atoms in total. The van der Waals surface area contributed by atoms with E-state index in [9.17, 15) is 14.4 Å². The molecule has 0 bridgehead atoms. The number of aromatic nitrogens is 2. The second-order valence-corrected chi connectivity index (χ2v) is 12.5. The van der Waals surface area contributed by atoms with E-state index in [4.69, 9.17) is 29.2 Å². The smallest absolute Gasteiger partial charge is 0.258 e. The number of nitrogens with zero attached hydrogens (tertiary/aromatic N) is 1. The van der Waals surface area contributed by atoms with Crippen molar-refractivity contribution < 1.29 is 19.1 Å². The molecule has 3 amide bonds. The highest BCUT2D eigenvalue weighted by molar-refractivity contribution is 7.71. The van der Waals surface area contributed by atoms with Gasteiger partial charge in [0.25, 0.3) is 11.8 Å². The van der Waals surface area contributed by atoms with Gasteiger partial charge < -0.3 is 40.9 Å². The third kappa shape index (κ3) is 9.82. The van der Waals surface area contributed by atoms with E-state index in [0.717, 1.165) is 28.4 Å². The van der Waals surface area contributed by atoms with Crippen LogP contribution in [-0.2, 0) is 11.5 Å². The van der Waals surface area contributed by atoms with Crippen LogP contribution in [0, 0.1) is 9.28 Å². The third-order valence-corrected chi connectivity index (χ3v) is 8.70. The molecule has 0 atom stereocenters. The highest BCUT2D eigenvalue weighted by Crippen LogP contribution is 2.24. The molecule has 0 aliphatic carbocycles. The lowest BCUT2D eigenvalue weighted by Gasteiger charge is -2.13. The number of pyridine rings is 2. The number of rotatable bonds is 13. The number of nitrogens with one attached hydrogen (secondary N) is 6. The molecule has 13 heteroatoms. The van der Waals surface area contributed by atoms with Gasteiger partial charge in [-0.3, -0.25) is 14.4 Å². The average Bonchev–Trinajstić information content (AvgIpc) is 3.17. The quantitative estimate of drug-likeness (QED) is 0.0643. The normalized spacial score (nSPS) is 10.5. The highest BCUT2D eigenvalue weighted by atomic mass is 32.1. The van der Waals surface area contributed by atoms with Crippen molar-refractivity contribution in [2.45, 2.75) is 20.1 Å². The van der Waals surface area contributed by atoms with Crippen molar-refractivity contribution in [2.75, 3.05) is 26.6 Å². The van der Waals surface area contributed by atoms with Crippen LogP contribution < -0.4 is 31.3 Å². The number of carbonyl (C=O) groups excluding carboxylic acids is 3. The van der Waals surface area contributed by atoms with Gasteiger partial charge in [-0.05, 0) is 121 Å². The fourth-order valence-corrected chi connectivity index (χ4v) is 5.58. The molecule has 53 heavy (non-hydrogen) atoms. The minimum absolute atomic E-state index is 0.0393. The first kappa shape index (κ1) is 36.2. The van der Waals surface area contributed by atoms with Gasteiger partial charge in [0, 0.05) is 58.6 Å². The largest absolute Gasteiger partial charge is 0.473 e. The minimum atomic E-state index is -0.332. The van der Waals surface area contributed by atoms with Crippen molar-refractivity contribution in [1.29, 1.82) is 0 Å². The molecule has 0 aliphatic rings. The van der Waals surface area contributed by atoms with E-state index < -0.39 is 0 Å². The maximum absolute atomic E-state index is 13.2. The summed E-state index contributed by atoms with van der Waals surface area (Å²) in [5.74, 6) is -0.0306. The fourth-order valence-electron chi connectivity index (χ4n) is 5.08. The number of ether oxygens (including phenoxy) is 1. The summed E-state index contributed by atoms with van der Waals surface area (Å²) in [4.78, 5) is 40.2. The van der Waals surface area contributed by atoms with Gasteiger partial charge in [0.2, 0.25) is 5.91 Å². The van der Waals surface area contributed by atoms with Gasteiger partial charge in [-0.1, -0.05) is 31.4 Å². The monoisotopic (exact) mass is 741 g/mol. The Morgan fingerprint density at radius 3 is 1.57 bits per heavy atom. The number of aromatic amines is 1. The molecule has 266 valence electrons. The van der Waals surface area contributed by atoms with Crippen molar-refractivity contribution in [3.05, 3.63) is 154 Å². The molecule has 0 saturated carbocycles. The number of hydrogen-bond acceptors (Lipinski definition) is 8. The lowest BCUT2D eigenvalue weighted by atomic mass is 10.2. The van der Waals surface area contributed by atoms with E-state index in [1.54, 1.807) is 72.4 Å². The Labute approximate surface area is 316 Å². The zero-order valence-electron chi connectivity index (χ0n) is 28.5. The van der Waals surface area contributed by atoms with Gasteiger partial charge >= 0.3 is 0 Å². The Balaban J connectivity index is 0.989. The van der Waals surface area contributed by atoms with Crippen molar-refractivity contribution >= 4 is 82.0 Å². The minimum Gasteiger partial charge on any atom is -0.473 e. The summed E-state index contributed by atoms with van der Waals surface area (Å²) < 4.78 is 8.39. The first-order valence-electron chi connectivity index (χ1n) is 16.6. The number of anilines is 7. The molecule has 0 saturated heterocycles. The zero-order chi connectivity index (χ0) is 37.2. The first-order valence-corrected chi connectivity index (χ1v) is 17.4. The lowest BCUT2D eigenvalue weighted by molar-refractivity contribution is -0.115. The number of hydrogen-bond donors (Lipinski definition) is 6. The average molecular weight is 742 g/mol. The Bertz CT molecular complexity index is 2340. The fraction of sp³-hybridized carbons (Fsp3) is 0.0750. The molecule has 4 aromatic carbocycles. The van der Waals surface area contributed by atoms with Crippen LogP contribution in [0.1, 0.15) is 34.1 Å². The van der Waals surface area contributed by atoms with Crippen molar-refractivity contribution in [1.82, 2.24) is 9.55 Å². The molecule has 2 heterocycles. The van der Waals surface area contributed by atoms with Crippen molar-refractivity contribution in [3.63, 3.8) is 0 Å². The van der Waals surface area contributed by atoms with Crippen molar-refractivity contribution in [3.8, 4) is 5.75 Å². The van der Waals surface area contributed by atoms with Crippen molar-refractivity contribution in [2.24, 2.45) is 0 Å². The van der Waals surface area contributed by atoms with E-state index in [1.807, 2.05) is 72.8 Å². The summed E-state index contributed by atoms with van der Waals surface area (Å²) in [5, 5.41) is 15.2. The second kappa shape index (κ2) is 17.1. The summed E-state index contributed by atoms with van der Waals surface area (Å²) in [7, 11) is 0. The highest BCUT2D eigenvalue weighted by Gasteiger charge is 2.11. The van der Waals surface area contributed by atoms with Crippen LogP contribution >= 0.6 is 24.4 Å². The van der Waals surface area contributed by atoms with Gasteiger partial charge in [0.05, 0.1) is 11.1 Å². The lowest BCUT2D eigenvalue weighted by Crippen LogP contribution is -2.16. The number of benzene rings is 4. The van der Waals surface area contributed by atoms with E-state index in [-0.39, 0.29) is 24.5 Å². The van der Waals surface area contributed by atoms with Gasteiger partial charge in [-0.15, -0.1) is 0 Å². The summed E-state index contributed by atoms with van der Waals surface area (Å²) in [5.41, 5.74) is 6.12. The standard InChI is InChI=1S/C40H35N7O4S2/c1-2-36(48)44-30-13-7-26(8-14-30)42-27-11-17-32(18-12-27)46-38(50)35-6-4-24-47(40(35)53)25-51-33-21-19-29(20-22-33)43-28-9-15-31(16-10-28)45-37(49)34-5-3-23-41-39(34)52/h3-24,42-43H,2,25H2,1H3,(H,41,52)(H,44,48)(H,45,49)(H,46,50). The first-order chi connectivity index (χ1) is 25.7. The molecule has 0 fully saturated rings. The van der Waals surface area contributed by atoms with Gasteiger partial charge in [-0.25, -0.2) is 0 Å². The van der Waals surface area contributed by atoms with Crippen LogP contribution in [0.2, 0.25) is 0 Å². The predicted molar refractivity (Wildman–Crippen MR) is 215 cm³/mol. The maximum atomic E-state index is 13.2. The molecule has 6 rings (SSSR count). The van der Waals surface area contributed by atoms with Gasteiger partial charge in [0.1, 0.15) is 15.0 Å². The Morgan fingerprint density at radius 1 is 0.604 bits per heavy atom. The summed E-state index contributed by atoms with van der Waals surface area (Å²) in [6, 6.07) is 36.3. The molecule has 0 spiro atoms. The van der Waals surface area contributed by atoms with E-state index in [1.165, 1.54) is 0 Å². The van der Waals surface area contributed by atoms with Crippen LogP contribution in [0.3, 0.4) is 0 Å². The summed E-state index contributed by atoms with van der Waals surface area (Å²) in [6.45, 7) is 1.92. The Morgan fingerprint density at radius 2 is 1.06 bits per heavy atom. The molecule has 6 aromatic rings. The Hall–Kier alpha value is -6.57. The van der Waals surface area contributed by atoms with E-state index >= 15 is 0 Å². The molecule has 0 radical (unpaired) electrons. The molecular formula is C40H35N7O4S2. The van der Waals surface area contributed by atoms with Crippen LogP contribution in [0.4, 0.5) is 39.8 Å². The molecule has 6 N–H and O–H groups in total. The van der Waals surface area contributed by atoms with Crippen LogP contribution in [0.25, 0.3) is 0 Å². The van der Waals surface area contributed by atoms with E-state index in [2.05, 4.69) is 31.6 Å². The topological polar surface area (TPSA) is 141 Å². The van der Waals surface area contributed by atoms with E-state index in [0.29, 0.717) is 44.0 Å². The number of amides is 3. The molecule has 2 aromatic heterocycles. The summed E-state index contributed by atoms with van der Waals surface area (Å²) >= 11 is 10.8. The SMILES string of the molecule is CCC(=O)Nc1ccc(Nc2ccc(NC(=O)c3cccn(COc4ccc(Nc5ccc(NC(=O)c6ccc[nH]c6=S)cc5)cc4)c3=S)cc2)cc1. The molecule has 0 unspecified atom stereocenters. The molecule has 0 aliphatic heterocycles. The Kier molecular flexibility index (Phi) is 11.7. The number of carbonyl (C=O) groups is 3. The van der Waals surface area contributed by atoms with Crippen LogP contribution in [-0.4, -0.2) is 27.3 Å². The zero-order valence-corrected chi connectivity index (χ0v) is 30.1. The van der Waals surface area contributed by atoms with Crippen LogP contribution in [0.5, 0.6) is 5.75 Å².